The number of nitrogens with one attached hydrogen (secondary N) is 1. The third-order valence-electron chi connectivity index (χ3n) is 4.36. The molecule has 0 saturated carbocycles. The molecule has 3 N–H and O–H groups in total. The molecule has 2 heterocycles. The van der Waals surface area contributed by atoms with E-state index in [0.29, 0.717) is 17.3 Å². The molecule has 2 aliphatic rings. The van der Waals surface area contributed by atoms with Gasteiger partial charge in [-0.25, -0.2) is 0 Å². The summed E-state index contributed by atoms with van der Waals surface area (Å²) in [6, 6.07) is 5.96. The minimum atomic E-state index is 0.0534. The van der Waals surface area contributed by atoms with E-state index >= 15 is 0 Å². The predicted molar refractivity (Wildman–Crippen MR) is 87.3 cm³/mol. The van der Waals surface area contributed by atoms with Crippen molar-refractivity contribution in [1.29, 1.82) is 0 Å². The SMILES string of the molecule is Nc1cc(Br)ccc1C(=O)N1CCC(N2CCNCC2)C1. The van der Waals surface area contributed by atoms with Crippen LogP contribution in [0.5, 0.6) is 0 Å². The van der Waals surface area contributed by atoms with Crippen LogP contribution in [0, 0.1) is 0 Å². The second-order valence-corrected chi connectivity index (χ2v) is 6.63. The molecule has 21 heavy (non-hydrogen) atoms. The monoisotopic (exact) mass is 352 g/mol. The highest BCUT2D eigenvalue weighted by molar-refractivity contribution is 9.10. The fraction of sp³-hybridized carbons (Fsp3) is 0.533. The maximum atomic E-state index is 12.6. The predicted octanol–water partition coefficient (Wildman–Crippen LogP) is 1.15. The summed E-state index contributed by atoms with van der Waals surface area (Å²) in [7, 11) is 0. The second kappa shape index (κ2) is 6.34. The molecule has 5 nitrogen and oxygen atoms in total. The van der Waals surface area contributed by atoms with Crippen molar-refractivity contribution in [3.8, 4) is 0 Å². The lowest BCUT2D eigenvalue weighted by atomic mass is 10.1. The number of amides is 1. The van der Waals surface area contributed by atoms with E-state index in [1.165, 1.54) is 0 Å². The lowest BCUT2D eigenvalue weighted by Crippen LogP contribution is -2.49. The summed E-state index contributed by atoms with van der Waals surface area (Å²) >= 11 is 3.37. The van der Waals surface area contributed by atoms with Crippen molar-refractivity contribution in [1.82, 2.24) is 15.1 Å². The zero-order chi connectivity index (χ0) is 14.8. The number of nitrogen functional groups attached to an aromatic ring is 1. The fourth-order valence-corrected chi connectivity index (χ4v) is 3.55. The molecule has 1 atom stereocenters. The number of hydrogen-bond acceptors (Lipinski definition) is 4. The van der Waals surface area contributed by atoms with Crippen LogP contribution in [-0.2, 0) is 0 Å². The highest BCUT2D eigenvalue weighted by Crippen LogP contribution is 2.23. The first-order chi connectivity index (χ1) is 10.1. The van der Waals surface area contributed by atoms with Crippen LogP contribution in [0.4, 0.5) is 5.69 Å². The molecule has 1 unspecified atom stereocenters. The molecule has 2 fully saturated rings. The molecule has 0 radical (unpaired) electrons. The van der Waals surface area contributed by atoms with Crippen LogP contribution >= 0.6 is 15.9 Å². The van der Waals surface area contributed by atoms with Gasteiger partial charge in [-0.1, -0.05) is 15.9 Å². The minimum absolute atomic E-state index is 0.0534. The molecule has 0 aliphatic carbocycles. The van der Waals surface area contributed by atoms with Gasteiger partial charge in [0.05, 0.1) is 5.56 Å². The van der Waals surface area contributed by atoms with Crippen molar-refractivity contribution in [3.05, 3.63) is 28.2 Å². The van der Waals surface area contributed by atoms with Crippen LogP contribution in [0.15, 0.2) is 22.7 Å². The Morgan fingerprint density at radius 2 is 2.05 bits per heavy atom. The smallest absolute Gasteiger partial charge is 0.255 e. The number of nitrogens with two attached hydrogens (primary N) is 1. The molecule has 114 valence electrons. The van der Waals surface area contributed by atoms with Gasteiger partial charge in [0.2, 0.25) is 0 Å². The average molecular weight is 353 g/mol. The molecule has 6 heteroatoms. The van der Waals surface area contributed by atoms with Crippen molar-refractivity contribution in [2.24, 2.45) is 0 Å². The topological polar surface area (TPSA) is 61.6 Å². The number of rotatable bonds is 2. The third kappa shape index (κ3) is 3.22. The average Bonchev–Trinajstić information content (AvgIpc) is 2.97. The first kappa shape index (κ1) is 14.8. The van der Waals surface area contributed by atoms with Crippen molar-refractivity contribution in [2.45, 2.75) is 12.5 Å². The highest BCUT2D eigenvalue weighted by atomic mass is 79.9. The standard InChI is InChI=1S/C15H21BrN4O/c16-11-1-2-13(14(17)9-11)15(21)20-6-3-12(10-20)19-7-4-18-5-8-19/h1-2,9,12,18H,3-8,10,17H2. The molecule has 0 spiro atoms. The molecule has 1 amide bonds. The Balaban J connectivity index is 1.66. The number of piperazine rings is 1. The van der Waals surface area contributed by atoms with Gasteiger partial charge >= 0.3 is 0 Å². The highest BCUT2D eigenvalue weighted by Gasteiger charge is 2.31. The summed E-state index contributed by atoms with van der Waals surface area (Å²) in [5.41, 5.74) is 7.12. The normalized spacial score (nSPS) is 23.5. The van der Waals surface area contributed by atoms with Crippen molar-refractivity contribution in [3.63, 3.8) is 0 Å². The lowest BCUT2D eigenvalue weighted by Gasteiger charge is -2.32. The van der Waals surface area contributed by atoms with Crippen LogP contribution in [0.2, 0.25) is 0 Å². The Morgan fingerprint density at radius 3 is 2.76 bits per heavy atom. The van der Waals surface area contributed by atoms with E-state index in [9.17, 15) is 4.79 Å². The van der Waals surface area contributed by atoms with Crippen molar-refractivity contribution in [2.75, 3.05) is 45.0 Å². The van der Waals surface area contributed by atoms with Gasteiger partial charge in [-0.3, -0.25) is 9.69 Å². The first-order valence-corrected chi connectivity index (χ1v) is 8.23. The molecule has 2 aliphatic heterocycles. The molecule has 0 aromatic heterocycles. The van der Waals surface area contributed by atoms with Gasteiger partial charge in [0.25, 0.3) is 5.91 Å². The van der Waals surface area contributed by atoms with E-state index in [1.807, 2.05) is 11.0 Å². The number of likely N-dealkylation sites (tertiary alicyclic amines) is 1. The van der Waals surface area contributed by atoms with E-state index in [2.05, 4.69) is 26.1 Å². The Labute approximate surface area is 133 Å². The third-order valence-corrected chi connectivity index (χ3v) is 4.86. The second-order valence-electron chi connectivity index (χ2n) is 5.71. The van der Waals surface area contributed by atoms with Gasteiger partial charge < -0.3 is 16.0 Å². The first-order valence-electron chi connectivity index (χ1n) is 7.44. The van der Waals surface area contributed by atoms with Gasteiger partial charge in [0, 0.05) is 55.5 Å². The molecular formula is C15H21BrN4O. The summed E-state index contributed by atoms with van der Waals surface area (Å²) in [5, 5.41) is 3.37. The number of carbonyl (C=O) groups is 1. The minimum Gasteiger partial charge on any atom is -0.398 e. The summed E-state index contributed by atoms with van der Waals surface area (Å²) in [5.74, 6) is 0.0534. The van der Waals surface area contributed by atoms with E-state index in [-0.39, 0.29) is 5.91 Å². The van der Waals surface area contributed by atoms with Gasteiger partial charge in [0.15, 0.2) is 0 Å². The van der Waals surface area contributed by atoms with E-state index in [1.54, 1.807) is 12.1 Å². The fourth-order valence-electron chi connectivity index (χ4n) is 3.17. The van der Waals surface area contributed by atoms with Crippen LogP contribution in [0.1, 0.15) is 16.8 Å². The summed E-state index contributed by atoms with van der Waals surface area (Å²) in [4.78, 5) is 17.0. The van der Waals surface area contributed by atoms with E-state index < -0.39 is 0 Å². The van der Waals surface area contributed by atoms with Crippen LogP contribution < -0.4 is 11.1 Å². The molecule has 3 rings (SSSR count). The Morgan fingerprint density at radius 1 is 1.29 bits per heavy atom. The van der Waals surface area contributed by atoms with Crippen molar-refractivity contribution >= 4 is 27.5 Å². The van der Waals surface area contributed by atoms with Gasteiger partial charge in [-0.15, -0.1) is 0 Å². The van der Waals surface area contributed by atoms with Gasteiger partial charge in [-0.2, -0.15) is 0 Å². The Hall–Kier alpha value is -1.11. The van der Waals surface area contributed by atoms with Crippen LogP contribution in [0.25, 0.3) is 0 Å². The Bertz CT molecular complexity index is 530. The van der Waals surface area contributed by atoms with Crippen molar-refractivity contribution < 1.29 is 4.79 Å². The number of hydrogen-bond donors (Lipinski definition) is 2. The lowest BCUT2D eigenvalue weighted by molar-refractivity contribution is 0.0774. The summed E-state index contributed by atoms with van der Waals surface area (Å²) < 4.78 is 0.900. The zero-order valence-corrected chi connectivity index (χ0v) is 13.6. The summed E-state index contributed by atoms with van der Waals surface area (Å²) in [6.07, 6.45) is 1.06. The number of halogens is 1. The van der Waals surface area contributed by atoms with Gasteiger partial charge in [-0.05, 0) is 24.6 Å². The maximum absolute atomic E-state index is 12.6. The molecule has 2 saturated heterocycles. The molecular weight excluding hydrogens is 332 g/mol. The summed E-state index contributed by atoms with van der Waals surface area (Å²) in [6.45, 7) is 5.88. The number of carbonyl (C=O) groups excluding carboxylic acids is 1. The number of nitrogens with zero attached hydrogens (tertiary/aromatic N) is 2. The quantitative estimate of drug-likeness (QED) is 0.784. The molecule has 1 aromatic carbocycles. The zero-order valence-electron chi connectivity index (χ0n) is 12.0. The maximum Gasteiger partial charge on any atom is 0.255 e. The van der Waals surface area contributed by atoms with E-state index in [0.717, 1.165) is 50.2 Å². The van der Waals surface area contributed by atoms with Crippen LogP contribution in [-0.4, -0.2) is 61.0 Å². The largest absolute Gasteiger partial charge is 0.398 e. The molecule has 0 bridgehead atoms. The molecule has 1 aromatic rings. The Kier molecular flexibility index (Phi) is 4.47. The number of anilines is 1. The number of benzene rings is 1. The van der Waals surface area contributed by atoms with Crippen LogP contribution in [0.3, 0.4) is 0 Å². The van der Waals surface area contributed by atoms with Gasteiger partial charge in [0.1, 0.15) is 0 Å². The van der Waals surface area contributed by atoms with E-state index in [4.69, 9.17) is 5.73 Å².